The predicted molar refractivity (Wildman–Crippen MR) is 69.4 cm³/mol. The molecule has 0 aliphatic carbocycles. The van der Waals surface area contributed by atoms with Crippen molar-refractivity contribution in [3.63, 3.8) is 0 Å². The fourth-order valence-electron chi connectivity index (χ4n) is 1.39. The highest BCUT2D eigenvalue weighted by Crippen LogP contribution is 2.15. The average Bonchev–Trinajstić information content (AvgIpc) is 2.32. The van der Waals surface area contributed by atoms with Crippen LogP contribution < -0.4 is 15.4 Å². The van der Waals surface area contributed by atoms with Crippen LogP contribution in [0.4, 0.5) is 5.69 Å². The third-order valence-corrected chi connectivity index (χ3v) is 2.16. The number of hydrogen-bond acceptors (Lipinski definition) is 3. The van der Waals surface area contributed by atoms with Crippen molar-refractivity contribution in [3.05, 3.63) is 24.3 Å². The van der Waals surface area contributed by atoms with Gasteiger partial charge >= 0.3 is 0 Å². The number of hydrogen-bond donors (Lipinski definition) is 2. The fourth-order valence-corrected chi connectivity index (χ4v) is 1.39. The van der Waals surface area contributed by atoms with E-state index < -0.39 is 0 Å². The quantitative estimate of drug-likeness (QED) is 0.712. The molecule has 0 fully saturated rings. The third kappa shape index (κ3) is 5.36. The molecule has 0 aliphatic heterocycles. The van der Waals surface area contributed by atoms with Gasteiger partial charge in [-0.15, -0.1) is 0 Å². The highest BCUT2D eigenvalue weighted by molar-refractivity contribution is 5.92. The van der Waals surface area contributed by atoms with Crippen LogP contribution >= 0.6 is 0 Å². The summed E-state index contributed by atoms with van der Waals surface area (Å²) in [6.45, 7) is 5.86. The van der Waals surface area contributed by atoms with Crippen LogP contribution in [-0.2, 0) is 4.79 Å². The molecule has 0 heterocycles. The number of amides is 1. The van der Waals surface area contributed by atoms with E-state index >= 15 is 0 Å². The van der Waals surface area contributed by atoms with E-state index in [2.05, 4.69) is 17.6 Å². The maximum Gasteiger partial charge on any atom is 0.238 e. The van der Waals surface area contributed by atoms with Crippen LogP contribution in [0.25, 0.3) is 0 Å². The molecule has 1 aromatic rings. The molecule has 0 spiro atoms. The van der Waals surface area contributed by atoms with Crippen molar-refractivity contribution in [1.29, 1.82) is 0 Å². The molecule has 1 rings (SSSR count). The molecule has 0 saturated carbocycles. The van der Waals surface area contributed by atoms with E-state index in [9.17, 15) is 4.79 Å². The minimum Gasteiger partial charge on any atom is -0.494 e. The van der Waals surface area contributed by atoms with Gasteiger partial charge in [0.1, 0.15) is 5.75 Å². The van der Waals surface area contributed by atoms with Crippen molar-refractivity contribution in [2.45, 2.75) is 20.3 Å². The standard InChI is InChI=1S/C13H20N2O2/c1-3-9-14-10-13(16)15-11-5-7-12(8-6-11)17-4-2/h5-8,14H,3-4,9-10H2,1-2H3,(H,15,16). The monoisotopic (exact) mass is 236 g/mol. The molecule has 0 atom stereocenters. The molecule has 1 aromatic carbocycles. The van der Waals surface area contributed by atoms with Crippen LogP contribution in [0.5, 0.6) is 5.75 Å². The lowest BCUT2D eigenvalue weighted by Gasteiger charge is -2.07. The Labute approximate surface area is 102 Å². The second-order valence-electron chi connectivity index (χ2n) is 3.68. The summed E-state index contributed by atoms with van der Waals surface area (Å²) in [4.78, 5) is 11.5. The average molecular weight is 236 g/mol. The Kier molecular flexibility index (Phi) is 6.10. The minimum atomic E-state index is -0.0254. The number of carbonyl (C=O) groups excluding carboxylic acids is 1. The van der Waals surface area contributed by atoms with Gasteiger partial charge in [-0.1, -0.05) is 6.92 Å². The van der Waals surface area contributed by atoms with Crippen LogP contribution in [0.3, 0.4) is 0 Å². The number of nitrogens with one attached hydrogen (secondary N) is 2. The molecule has 4 nitrogen and oxygen atoms in total. The van der Waals surface area contributed by atoms with Gasteiger partial charge < -0.3 is 15.4 Å². The Bertz CT molecular complexity index is 336. The molecule has 0 aliphatic rings. The van der Waals surface area contributed by atoms with Gasteiger partial charge in [0.25, 0.3) is 0 Å². The molecule has 4 heteroatoms. The summed E-state index contributed by atoms with van der Waals surface area (Å²) >= 11 is 0. The van der Waals surface area contributed by atoms with Crippen LogP contribution in [0.1, 0.15) is 20.3 Å². The first kappa shape index (κ1) is 13.5. The summed E-state index contributed by atoms with van der Waals surface area (Å²) < 4.78 is 5.32. The van der Waals surface area contributed by atoms with E-state index in [1.54, 1.807) is 0 Å². The highest BCUT2D eigenvalue weighted by atomic mass is 16.5. The summed E-state index contributed by atoms with van der Waals surface area (Å²) in [5.74, 6) is 0.789. The number of benzene rings is 1. The van der Waals surface area contributed by atoms with E-state index in [1.807, 2.05) is 31.2 Å². The normalized spacial score (nSPS) is 10.0. The highest BCUT2D eigenvalue weighted by Gasteiger charge is 2.01. The Morgan fingerprint density at radius 2 is 1.94 bits per heavy atom. The molecule has 0 bridgehead atoms. The summed E-state index contributed by atoms with van der Waals surface area (Å²) in [5.41, 5.74) is 0.789. The van der Waals surface area contributed by atoms with E-state index in [1.165, 1.54) is 0 Å². The molecule has 0 radical (unpaired) electrons. The van der Waals surface area contributed by atoms with Crippen molar-refractivity contribution in [1.82, 2.24) is 5.32 Å². The van der Waals surface area contributed by atoms with Gasteiger partial charge in [0, 0.05) is 5.69 Å². The van der Waals surface area contributed by atoms with Crippen molar-refractivity contribution < 1.29 is 9.53 Å². The zero-order chi connectivity index (χ0) is 12.5. The van der Waals surface area contributed by atoms with E-state index in [0.29, 0.717) is 13.2 Å². The summed E-state index contributed by atoms with van der Waals surface area (Å²) in [5, 5.41) is 5.86. The summed E-state index contributed by atoms with van der Waals surface area (Å²) in [6, 6.07) is 7.36. The lowest BCUT2D eigenvalue weighted by atomic mass is 10.3. The maximum atomic E-state index is 11.5. The van der Waals surface area contributed by atoms with Crippen molar-refractivity contribution in [2.24, 2.45) is 0 Å². The molecular weight excluding hydrogens is 216 g/mol. The lowest BCUT2D eigenvalue weighted by molar-refractivity contribution is -0.115. The van der Waals surface area contributed by atoms with Crippen LogP contribution in [-0.4, -0.2) is 25.6 Å². The number of ether oxygens (including phenoxy) is 1. The molecule has 0 unspecified atom stereocenters. The molecule has 1 amide bonds. The topological polar surface area (TPSA) is 50.4 Å². The van der Waals surface area contributed by atoms with Gasteiger partial charge in [-0.3, -0.25) is 4.79 Å². The summed E-state index contributed by atoms with van der Waals surface area (Å²) in [6.07, 6.45) is 1.02. The molecule has 2 N–H and O–H groups in total. The Balaban J connectivity index is 2.37. The Hall–Kier alpha value is -1.55. The second kappa shape index (κ2) is 7.68. The van der Waals surface area contributed by atoms with Crippen LogP contribution in [0, 0.1) is 0 Å². The number of anilines is 1. The predicted octanol–water partition coefficient (Wildman–Crippen LogP) is 2.02. The molecule has 17 heavy (non-hydrogen) atoms. The van der Waals surface area contributed by atoms with Crippen LogP contribution in [0.2, 0.25) is 0 Å². The molecule has 0 aromatic heterocycles. The first-order valence-electron chi connectivity index (χ1n) is 5.99. The van der Waals surface area contributed by atoms with Gasteiger partial charge in [-0.25, -0.2) is 0 Å². The van der Waals surface area contributed by atoms with Crippen molar-refractivity contribution >= 4 is 11.6 Å². The van der Waals surface area contributed by atoms with Gasteiger partial charge in [-0.05, 0) is 44.2 Å². The number of rotatable bonds is 7. The Morgan fingerprint density at radius 1 is 1.24 bits per heavy atom. The van der Waals surface area contributed by atoms with Gasteiger partial charge in [0.2, 0.25) is 5.91 Å². The van der Waals surface area contributed by atoms with Gasteiger partial charge in [0.15, 0.2) is 0 Å². The maximum absolute atomic E-state index is 11.5. The zero-order valence-corrected chi connectivity index (χ0v) is 10.5. The smallest absolute Gasteiger partial charge is 0.238 e. The molecule has 94 valence electrons. The minimum absolute atomic E-state index is 0.0254. The van der Waals surface area contributed by atoms with E-state index in [4.69, 9.17) is 4.74 Å². The zero-order valence-electron chi connectivity index (χ0n) is 10.5. The molecule has 0 saturated heterocycles. The first-order valence-corrected chi connectivity index (χ1v) is 5.99. The fraction of sp³-hybridized carbons (Fsp3) is 0.462. The third-order valence-electron chi connectivity index (χ3n) is 2.16. The summed E-state index contributed by atoms with van der Waals surface area (Å²) in [7, 11) is 0. The first-order chi connectivity index (χ1) is 8.26. The van der Waals surface area contributed by atoms with Crippen molar-refractivity contribution in [3.8, 4) is 5.75 Å². The number of carbonyl (C=O) groups is 1. The largest absolute Gasteiger partial charge is 0.494 e. The SMILES string of the molecule is CCCNCC(=O)Nc1ccc(OCC)cc1. The van der Waals surface area contributed by atoms with E-state index in [0.717, 1.165) is 24.4 Å². The van der Waals surface area contributed by atoms with Gasteiger partial charge in [0.05, 0.1) is 13.2 Å². The lowest BCUT2D eigenvalue weighted by Crippen LogP contribution is -2.28. The van der Waals surface area contributed by atoms with E-state index in [-0.39, 0.29) is 5.91 Å². The van der Waals surface area contributed by atoms with Gasteiger partial charge in [-0.2, -0.15) is 0 Å². The van der Waals surface area contributed by atoms with Crippen molar-refractivity contribution in [2.75, 3.05) is 25.0 Å². The second-order valence-corrected chi connectivity index (χ2v) is 3.68. The van der Waals surface area contributed by atoms with Crippen LogP contribution in [0.15, 0.2) is 24.3 Å². The Morgan fingerprint density at radius 3 is 2.53 bits per heavy atom. The molecular formula is C13H20N2O2.